The third kappa shape index (κ3) is 2.92. The van der Waals surface area contributed by atoms with Crippen LogP contribution in [0, 0.1) is 6.92 Å². The fourth-order valence-electron chi connectivity index (χ4n) is 2.68. The molecule has 2 heterocycles. The number of fused-ring (bicyclic) bond motifs is 1. The van der Waals surface area contributed by atoms with E-state index in [2.05, 4.69) is 15.3 Å². The summed E-state index contributed by atoms with van der Waals surface area (Å²) >= 11 is 5.89. The van der Waals surface area contributed by atoms with E-state index in [0.29, 0.717) is 17.2 Å². The highest BCUT2D eigenvalue weighted by molar-refractivity contribution is 6.30. The zero-order valence-electron chi connectivity index (χ0n) is 13.4. The van der Waals surface area contributed by atoms with Gasteiger partial charge in [-0.25, -0.2) is 4.98 Å². The molecule has 0 spiro atoms. The van der Waals surface area contributed by atoms with E-state index in [1.807, 2.05) is 43.3 Å². The van der Waals surface area contributed by atoms with Crippen molar-refractivity contribution in [2.24, 2.45) is 0 Å². The molecule has 2 aromatic heterocycles. The molecule has 0 saturated heterocycles. The molecule has 0 radical (unpaired) electrons. The number of hydrogen-bond donors (Lipinski definition) is 0. The topological polar surface area (TPSA) is 65.6 Å². The Kier molecular flexibility index (Phi) is 3.82. The van der Waals surface area contributed by atoms with Gasteiger partial charge in [0.25, 0.3) is 5.56 Å². The van der Waals surface area contributed by atoms with Gasteiger partial charge in [0.15, 0.2) is 11.2 Å². The van der Waals surface area contributed by atoms with Gasteiger partial charge in [-0.15, -0.1) is 5.10 Å². The summed E-state index contributed by atoms with van der Waals surface area (Å²) in [6.45, 7) is 2.39. The zero-order chi connectivity index (χ0) is 17.4. The first-order chi connectivity index (χ1) is 12.1. The molecule has 0 saturated carbocycles. The third-order valence-electron chi connectivity index (χ3n) is 3.94. The Morgan fingerprint density at radius 2 is 1.92 bits per heavy atom. The lowest BCUT2D eigenvalue weighted by Gasteiger charge is -2.06. The van der Waals surface area contributed by atoms with E-state index in [-0.39, 0.29) is 11.1 Å². The molecule has 6 nitrogen and oxygen atoms in total. The van der Waals surface area contributed by atoms with Crippen LogP contribution >= 0.6 is 11.6 Å². The second-order valence-electron chi connectivity index (χ2n) is 5.82. The molecule has 4 aromatic rings. The van der Waals surface area contributed by atoms with E-state index in [9.17, 15) is 4.79 Å². The van der Waals surface area contributed by atoms with E-state index >= 15 is 0 Å². The second-order valence-corrected chi connectivity index (χ2v) is 6.25. The van der Waals surface area contributed by atoms with Gasteiger partial charge in [-0.2, -0.15) is 4.68 Å². The molecule has 7 heteroatoms. The van der Waals surface area contributed by atoms with Crippen molar-refractivity contribution >= 4 is 22.8 Å². The van der Waals surface area contributed by atoms with Crippen LogP contribution in [0.1, 0.15) is 11.1 Å². The Labute approximate surface area is 148 Å². The number of nitrogens with zero attached hydrogens (tertiary/aromatic N) is 5. The zero-order valence-corrected chi connectivity index (χ0v) is 14.2. The first kappa shape index (κ1) is 15.5. The van der Waals surface area contributed by atoms with E-state index < -0.39 is 0 Å². The highest BCUT2D eigenvalue weighted by Crippen LogP contribution is 2.14. The Bertz CT molecular complexity index is 1110. The van der Waals surface area contributed by atoms with Crippen molar-refractivity contribution < 1.29 is 0 Å². The van der Waals surface area contributed by atoms with Crippen LogP contribution in [0.15, 0.2) is 59.7 Å². The summed E-state index contributed by atoms with van der Waals surface area (Å²) in [6.07, 6.45) is 1.52. The summed E-state index contributed by atoms with van der Waals surface area (Å²) in [5.41, 5.74) is 3.35. The average molecular weight is 352 g/mol. The Morgan fingerprint density at radius 1 is 1.12 bits per heavy atom. The van der Waals surface area contributed by atoms with Gasteiger partial charge < -0.3 is 0 Å². The molecule has 0 amide bonds. The summed E-state index contributed by atoms with van der Waals surface area (Å²) in [4.78, 5) is 17.1. The van der Waals surface area contributed by atoms with Crippen LogP contribution < -0.4 is 5.56 Å². The lowest BCUT2D eigenvalue weighted by Crippen LogP contribution is -2.21. The SMILES string of the molecule is Cc1cccc(-n2nnc3c(=O)n(Cc4ccc(Cl)cc4)cnc32)c1. The smallest absolute Gasteiger partial charge is 0.283 e. The van der Waals surface area contributed by atoms with Crippen molar-refractivity contribution in [3.8, 4) is 5.69 Å². The molecule has 25 heavy (non-hydrogen) atoms. The van der Waals surface area contributed by atoms with E-state index in [0.717, 1.165) is 16.8 Å². The number of hydrogen-bond acceptors (Lipinski definition) is 4. The van der Waals surface area contributed by atoms with Gasteiger partial charge in [-0.3, -0.25) is 9.36 Å². The first-order valence-corrected chi connectivity index (χ1v) is 8.12. The summed E-state index contributed by atoms with van der Waals surface area (Å²) < 4.78 is 3.09. The molecular weight excluding hydrogens is 338 g/mol. The molecule has 124 valence electrons. The van der Waals surface area contributed by atoms with Gasteiger partial charge >= 0.3 is 0 Å². The van der Waals surface area contributed by atoms with Gasteiger partial charge in [0.05, 0.1) is 12.2 Å². The molecule has 0 aliphatic carbocycles. The fraction of sp³-hybridized carbons (Fsp3) is 0.111. The summed E-state index contributed by atoms with van der Waals surface area (Å²) in [5, 5.41) is 8.80. The second kappa shape index (κ2) is 6.14. The van der Waals surface area contributed by atoms with Crippen LogP contribution in [-0.2, 0) is 6.54 Å². The minimum atomic E-state index is -0.223. The molecular formula is C18H14ClN5O. The average Bonchev–Trinajstić information content (AvgIpc) is 3.04. The van der Waals surface area contributed by atoms with Crippen molar-refractivity contribution in [2.75, 3.05) is 0 Å². The number of aromatic nitrogens is 5. The van der Waals surface area contributed by atoms with Gasteiger partial charge in [-0.1, -0.05) is 41.1 Å². The van der Waals surface area contributed by atoms with Crippen molar-refractivity contribution in [2.45, 2.75) is 13.5 Å². The number of benzene rings is 2. The predicted molar refractivity (Wildman–Crippen MR) is 96.2 cm³/mol. The molecule has 0 atom stereocenters. The van der Waals surface area contributed by atoms with Crippen LogP contribution in [-0.4, -0.2) is 24.5 Å². The molecule has 0 aliphatic heterocycles. The van der Waals surface area contributed by atoms with E-state index in [4.69, 9.17) is 11.6 Å². The quantitative estimate of drug-likeness (QED) is 0.569. The largest absolute Gasteiger partial charge is 0.293 e. The standard InChI is InChI=1S/C18H14ClN5O/c1-12-3-2-4-15(9-12)24-17-16(21-22-24)18(25)23(11-20-17)10-13-5-7-14(19)8-6-13/h2-9,11H,10H2,1H3. The van der Waals surface area contributed by atoms with Crippen molar-refractivity contribution in [3.63, 3.8) is 0 Å². The highest BCUT2D eigenvalue weighted by Gasteiger charge is 2.13. The van der Waals surface area contributed by atoms with Gasteiger partial charge in [0, 0.05) is 5.02 Å². The Morgan fingerprint density at radius 3 is 2.68 bits per heavy atom. The Hall–Kier alpha value is -2.99. The molecule has 4 rings (SSSR count). The summed E-state index contributed by atoms with van der Waals surface area (Å²) in [5.74, 6) is 0. The maximum Gasteiger partial charge on any atom is 0.283 e. The lowest BCUT2D eigenvalue weighted by atomic mass is 10.2. The van der Waals surface area contributed by atoms with Crippen LogP contribution in [0.25, 0.3) is 16.9 Å². The van der Waals surface area contributed by atoms with E-state index in [1.54, 1.807) is 16.8 Å². The summed E-state index contributed by atoms with van der Waals surface area (Å²) in [6, 6.07) is 15.1. The van der Waals surface area contributed by atoms with Crippen molar-refractivity contribution in [1.29, 1.82) is 0 Å². The minimum Gasteiger partial charge on any atom is -0.293 e. The van der Waals surface area contributed by atoms with Crippen molar-refractivity contribution in [3.05, 3.63) is 81.4 Å². The number of rotatable bonds is 3. The maximum absolute atomic E-state index is 12.7. The molecule has 0 fully saturated rings. The predicted octanol–water partition coefficient (Wildman–Crippen LogP) is 2.99. The lowest BCUT2D eigenvalue weighted by molar-refractivity contribution is 0.745. The first-order valence-electron chi connectivity index (χ1n) is 7.74. The molecule has 0 N–H and O–H groups in total. The summed E-state index contributed by atoms with van der Waals surface area (Å²) in [7, 11) is 0. The normalized spacial score (nSPS) is 11.1. The van der Waals surface area contributed by atoms with Crippen LogP contribution in [0.3, 0.4) is 0 Å². The van der Waals surface area contributed by atoms with Crippen LogP contribution in [0.4, 0.5) is 0 Å². The van der Waals surface area contributed by atoms with Gasteiger partial charge in [0.1, 0.15) is 6.33 Å². The molecule has 0 unspecified atom stereocenters. The Balaban J connectivity index is 1.77. The van der Waals surface area contributed by atoms with Crippen LogP contribution in [0.5, 0.6) is 0 Å². The molecule has 2 aromatic carbocycles. The monoisotopic (exact) mass is 351 g/mol. The third-order valence-corrected chi connectivity index (χ3v) is 4.19. The minimum absolute atomic E-state index is 0.223. The van der Waals surface area contributed by atoms with Crippen LogP contribution in [0.2, 0.25) is 5.02 Å². The molecule has 0 aliphatic rings. The van der Waals surface area contributed by atoms with Crippen molar-refractivity contribution in [1.82, 2.24) is 24.5 Å². The maximum atomic E-state index is 12.7. The fourth-order valence-corrected chi connectivity index (χ4v) is 2.80. The number of aryl methyl sites for hydroxylation is 1. The number of halogens is 1. The van der Waals surface area contributed by atoms with Gasteiger partial charge in [0.2, 0.25) is 0 Å². The van der Waals surface area contributed by atoms with E-state index in [1.165, 1.54) is 10.9 Å². The highest BCUT2D eigenvalue weighted by atomic mass is 35.5. The van der Waals surface area contributed by atoms with Gasteiger partial charge in [-0.05, 0) is 42.3 Å². The molecule has 0 bridgehead atoms.